The number of esters is 1. The summed E-state index contributed by atoms with van der Waals surface area (Å²) in [5.41, 5.74) is 0.355. The molecule has 0 N–H and O–H groups in total. The van der Waals surface area contributed by atoms with Crippen molar-refractivity contribution in [2.75, 3.05) is 21.2 Å². The molecule has 80 valence electrons. The Bertz CT molecular complexity index is 388. The number of rotatable bonds is 2. The van der Waals surface area contributed by atoms with Crippen molar-refractivity contribution < 1.29 is 14.3 Å². The lowest BCUT2D eigenvalue weighted by Gasteiger charge is -2.09. The van der Waals surface area contributed by atoms with E-state index in [4.69, 9.17) is 0 Å². The second kappa shape index (κ2) is 4.54. The summed E-state index contributed by atoms with van der Waals surface area (Å²) < 4.78 is 4.51. The van der Waals surface area contributed by atoms with Crippen LogP contribution in [0.1, 0.15) is 21.0 Å². The Morgan fingerprint density at radius 2 is 1.87 bits per heavy atom. The minimum absolute atomic E-state index is 0.130. The molecule has 0 fully saturated rings. The Kier molecular flexibility index (Phi) is 3.38. The summed E-state index contributed by atoms with van der Waals surface area (Å²) >= 11 is 0. The lowest BCUT2D eigenvalue weighted by Crippen LogP contribution is -2.23. The van der Waals surface area contributed by atoms with Crippen molar-refractivity contribution in [2.45, 2.75) is 0 Å². The van der Waals surface area contributed by atoms with Crippen LogP contribution in [0.4, 0.5) is 0 Å². The molecule has 0 spiro atoms. The number of methoxy groups -OCH3 is 1. The summed E-state index contributed by atoms with van der Waals surface area (Å²) in [4.78, 5) is 28.0. The van der Waals surface area contributed by atoms with Crippen LogP contribution in [0.3, 0.4) is 0 Å². The summed E-state index contributed by atoms with van der Waals surface area (Å²) in [7, 11) is 4.51. The Labute approximate surface area is 87.7 Å². The molecule has 0 aliphatic heterocycles. The fourth-order valence-corrected chi connectivity index (χ4v) is 1.00. The summed E-state index contributed by atoms with van der Waals surface area (Å²) in [5.74, 6) is -0.802. The SMILES string of the molecule is COC(=O)c1cccc(C(=O)N(C)C)n1. The first kappa shape index (κ1) is 11.2. The van der Waals surface area contributed by atoms with E-state index in [1.165, 1.54) is 18.1 Å². The standard InChI is InChI=1S/C10H12N2O3/c1-12(2)9(13)7-5-4-6-8(11-7)10(14)15-3/h4-6H,1-3H3. The third-order valence-electron chi connectivity index (χ3n) is 1.77. The number of amides is 1. The van der Waals surface area contributed by atoms with Gasteiger partial charge in [-0.25, -0.2) is 9.78 Å². The first-order valence-corrected chi connectivity index (χ1v) is 4.33. The summed E-state index contributed by atoms with van der Waals surface area (Å²) in [5, 5.41) is 0. The molecule has 1 aromatic heterocycles. The highest BCUT2D eigenvalue weighted by molar-refractivity contribution is 5.94. The average Bonchev–Trinajstić information content (AvgIpc) is 2.27. The van der Waals surface area contributed by atoms with Crippen LogP contribution in [-0.4, -0.2) is 43.0 Å². The molecular weight excluding hydrogens is 196 g/mol. The van der Waals surface area contributed by atoms with Crippen LogP contribution < -0.4 is 0 Å². The zero-order valence-electron chi connectivity index (χ0n) is 8.85. The number of nitrogens with zero attached hydrogens (tertiary/aromatic N) is 2. The predicted octanol–water partition coefficient (Wildman–Crippen LogP) is 0.570. The zero-order valence-corrected chi connectivity index (χ0v) is 8.85. The number of pyridine rings is 1. The molecule has 1 heterocycles. The molecule has 5 heteroatoms. The molecular formula is C10H12N2O3. The van der Waals surface area contributed by atoms with E-state index in [9.17, 15) is 9.59 Å². The molecule has 0 bridgehead atoms. The zero-order chi connectivity index (χ0) is 11.4. The number of hydrogen-bond acceptors (Lipinski definition) is 4. The topological polar surface area (TPSA) is 59.5 Å². The van der Waals surface area contributed by atoms with Crippen LogP contribution in [-0.2, 0) is 4.74 Å². The highest BCUT2D eigenvalue weighted by Gasteiger charge is 2.13. The summed E-state index contributed by atoms with van der Waals surface area (Å²) in [6.07, 6.45) is 0. The van der Waals surface area contributed by atoms with Gasteiger partial charge in [0.15, 0.2) is 0 Å². The van der Waals surface area contributed by atoms with Crippen molar-refractivity contribution in [2.24, 2.45) is 0 Å². The van der Waals surface area contributed by atoms with Crippen molar-refractivity contribution in [1.82, 2.24) is 9.88 Å². The maximum absolute atomic E-state index is 11.5. The van der Waals surface area contributed by atoms with Gasteiger partial charge in [-0.3, -0.25) is 4.79 Å². The van der Waals surface area contributed by atoms with Gasteiger partial charge in [0.05, 0.1) is 7.11 Å². The first-order chi connectivity index (χ1) is 7.06. The van der Waals surface area contributed by atoms with Gasteiger partial charge in [-0.2, -0.15) is 0 Å². The molecule has 0 saturated heterocycles. The van der Waals surface area contributed by atoms with Gasteiger partial charge in [0.25, 0.3) is 5.91 Å². The Morgan fingerprint density at radius 3 is 2.40 bits per heavy atom. The van der Waals surface area contributed by atoms with Crippen LogP contribution >= 0.6 is 0 Å². The molecule has 1 rings (SSSR count). The molecule has 0 aliphatic carbocycles. The highest BCUT2D eigenvalue weighted by Crippen LogP contribution is 2.03. The molecule has 0 unspecified atom stereocenters. The number of carbonyl (C=O) groups excluding carboxylic acids is 2. The van der Waals surface area contributed by atoms with E-state index in [0.717, 1.165) is 0 Å². The third kappa shape index (κ3) is 2.52. The summed E-state index contributed by atoms with van der Waals surface area (Å²) in [6, 6.07) is 4.64. The van der Waals surface area contributed by atoms with E-state index in [0.29, 0.717) is 0 Å². The molecule has 0 aliphatic rings. The molecule has 1 aromatic rings. The lowest BCUT2D eigenvalue weighted by molar-refractivity contribution is 0.0594. The van der Waals surface area contributed by atoms with Crippen molar-refractivity contribution in [3.05, 3.63) is 29.6 Å². The van der Waals surface area contributed by atoms with E-state index in [1.54, 1.807) is 26.2 Å². The first-order valence-electron chi connectivity index (χ1n) is 4.33. The van der Waals surface area contributed by atoms with Crippen LogP contribution in [0.2, 0.25) is 0 Å². The van der Waals surface area contributed by atoms with Crippen LogP contribution in [0.15, 0.2) is 18.2 Å². The van der Waals surface area contributed by atoms with Crippen LogP contribution in [0, 0.1) is 0 Å². The van der Waals surface area contributed by atoms with Crippen molar-refractivity contribution in [3.8, 4) is 0 Å². The van der Waals surface area contributed by atoms with Crippen LogP contribution in [0.25, 0.3) is 0 Å². The lowest BCUT2D eigenvalue weighted by atomic mass is 10.3. The number of ether oxygens (including phenoxy) is 1. The van der Waals surface area contributed by atoms with Crippen molar-refractivity contribution in [3.63, 3.8) is 0 Å². The van der Waals surface area contributed by atoms with E-state index in [-0.39, 0.29) is 17.3 Å². The minimum Gasteiger partial charge on any atom is -0.464 e. The van der Waals surface area contributed by atoms with E-state index in [1.807, 2.05) is 0 Å². The fraction of sp³-hybridized carbons (Fsp3) is 0.300. The van der Waals surface area contributed by atoms with E-state index >= 15 is 0 Å². The van der Waals surface area contributed by atoms with Crippen molar-refractivity contribution in [1.29, 1.82) is 0 Å². The van der Waals surface area contributed by atoms with Crippen LogP contribution in [0.5, 0.6) is 0 Å². The summed E-state index contributed by atoms with van der Waals surface area (Å²) in [6.45, 7) is 0. The van der Waals surface area contributed by atoms with Gasteiger partial charge < -0.3 is 9.64 Å². The van der Waals surface area contributed by atoms with Gasteiger partial charge in [0.2, 0.25) is 0 Å². The molecule has 0 aromatic carbocycles. The Hall–Kier alpha value is -1.91. The van der Waals surface area contributed by atoms with Gasteiger partial charge in [0, 0.05) is 14.1 Å². The largest absolute Gasteiger partial charge is 0.464 e. The predicted molar refractivity (Wildman–Crippen MR) is 53.6 cm³/mol. The fourth-order valence-electron chi connectivity index (χ4n) is 1.00. The Morgan fingerprint density at radius 1 is 1.27 bits per heavy atom. The Balaban J connectivity index is 3.02. The normalized spacial score (nSPS) is 9.53. The number of hydrogen-bond donors (Lipinski definition) is 0. The third-order valence-corrected chi connectivity index (χ3v) is 1.77. The molecule has 0 radical (unpaired) electrons. The van der Waals surface area contributed by atoms with E-state index in [2.05, 4.69) is 9.72 Å². The second-order valence-corrected chi connectivity index (χ2v) is 3.10. The smallest absolute Gasteiger partial charge is 0.356 e. The quantitative estimate of drug-likeness (QED) is 0.667. The van der Waals surface area contributed by atoms with E-state index < -0.39 is 5.97 Å². The maximum Gasteiger partial charge on any atom is 0.356 e. The van der Waals surface area contributed by atoms with Gasteiger partial charge in [-0.05, 0) is 12.1 Å². The van der Waals surface area contributed by atoms with Gasteiger partial charge in [0.1, 0.15) is 11.4 Å². The minimum atomic E-state index is -0.552. The monoisotopic (exact) mass is 208 g/mol. The van der Waals surface area contributed by atoms with Crippen molar-refractivity contribution >= 4 is 11.9 Å². The molecule has 15 heavy (non-hydrogen) atoms. The van der Waals surface area contributed by atoms with Gasteiger partial charge in [-0.1, -0.05) is 6.07 Å². The van der Waals surface area contributed by atoms with Gasteiger partial charge >= 0.3 is 5.97 Å². The molecule has 0 atom stereocenters. The van der Waals surface area contributed by atoms with Gasteiger partial charge in [-0.15, -0.1) is 0 Å². The average molecular weight is 208 g/mol. The number of carbonyl (C=O) groups is 2. The second-order valence-electron chi connectivity index (χ2n) is 3.10. The molecule has 0 saturated carbocycles. The number of aromatic nitrogens is 1. The highest BCUT2D eigenvalue weighted by atomic mass is 16.5. The molecule has 5 nitrogen and oxygen atoms in total. The maximum atomic E-state index is 11.5. The molecule has 1 amide bonds.